The Balaban J connectivity index is 1.91. The Labute approximate surface area is 109 Å². The first-order chi connectivity index (χ1) is 8.79. The average molecular weight is 274 g/mol. The summed E-state index contributed by atoms with van der Waals surface area (Å²) in [5.74, 6) is 0.824. The summed E-state index contributed by atoms with van der Waals surface area (Å²) >= 11 is 0. The molecule has 2 saturated carbocycles. The van der Waals surface area contributed by atoms with Gasteiger partial charge in [-0.25, -0.2) is 0 Å². The Morgan fingerprint density at radius 2 is 1.89 bits per heavy atom. The molecule has 0 aliphatic heterocycles. The lowest BCUT2D eigenvalue weighted by atomic mass is 10.1. The molecule has 3 rings (SSSR count). The van der Waals surface area contributed by atoms with E-state index >= 15 is 0 Å². The maximum Gasteiger partial charge on any atom is 0.435 e. The van der Waals surface area contributed by atoms with E-state index in [0.717, 1.165) is 0 Å². The zero-order valence-electron chi connectivity index (χ0n) is 10.9. The van der Waals surface area contributed by atoms with Crippen molar-refractivity contribution in [1.29, 1.82) is 0 Å². The molecular formula is C13H17F3N2O. The second-order valence-electron chi connectivity index (χ2n) is 5.97. The molecule has 1 aromatic heterocycles. The van der Waals surface area contributed by atoms with Gasteiger partial charge in [0.05, 0.1) is 6.10 Å². The fraction of sp³-hybridized carbons (Fsp3) is 0.769. The lowest BCUT2D eigenvalue weighted by Gasteiger charge is -2.13. The zero-order chi connectivity index (χ0) is 13.9. The topological polar surface area (TPSA) is 38.0 Å². The maximum absolute atomic E-state index is 12.8. The van der Waals surface area contributed by atoms with Gasteiger partial charge in [0.25, 0.3) is 0 Å². The van der Waals surface area contributed by atoms with Gasteiger partial charge in [-0.05, 0) is 44.6 Å². The van der Waals surface area contributed by atoms with Crippen molar-refractivity contribution in [2.24, 2.45) is 11.8 Å². The summed E-state index contributed by atoms with van der Waals surface area (Å²) < 4.78 is 39.8. The first-order valence-electron chi connectivity index (χ1n) is 6.63. The molecule has 3 unspecified atom stereocenters. The largest absolute Gasteiger partial charge is 0.435 e. The molecule has 1 heterocycles. The lowest BCUT2D eigenvalue weighted by Crippen LogP contribution is -2.12. The summed E-state index contributed by atoms with van der Waals surface area (Å²) in [6, 6.07) is 1.10. The van der Waals surface area contributed by atoms with E-state index < -0.39 is 11.9 Å². The minimum absolute atomic E-state index is 0.0858. The number of fused-ring (bicyclic) bond motifs is 1. The SMILES string of the molecule is CC(C)n1nc(C(F)(F)F)cc1C1C2CC(O)C[C@H]21. The minimum atomic E-state index is -4.39. The first-order valence-corrected chi connectivity index (χ1v) is 6.63. The van der Waals surface area contributed by atoms with Gasteiger partial charge in [0, 0.05) is 17.7 Å². The average Bonchev–Trinajstić information content (AvgIpc) is 2.69. The number of hydrogen-bond donors (Lipinski definition) is 1. The van der Waals surface area contributed by atoms with Crippen LogP contribution in [-0.4, -0.2) is 21.0 Å². The summed E-state index contributed by atoms with van der Waals surface area (Å²) in [7, 11) is 0. The number of rotatable bonds is 2. The molecule has 2 aliphatic rings. The highest BCUT2D eigenvalue weighted by Gasteiger charge is 2.58. The van der Waals surface area contributed by atoms with E-state index in [2.05, 4.69) is 5.10 Å². The molecule has 0 spiro atoms. The normalized spacial score (nSPS) is 33.8. The van der Waals surface area contributed by atoms with E-state index in [1.807, 2.05) is 13.8 Å². The van der Waals surface area contributed by atoms with Crippen LogP contribution in [-0.2, 0) is 6.18 Å². The summed E-state index contributed by atoms with van der Waals surface area (Å²) in [4.78, 5) is 0. The molecule has 1 aromatic rings. The van der Waals surface area contributed by atoms with E-state index in [4.69, 9.17) is 0 Å². The van der Waals surface area contributed by atoms with E-state index in [9.17, 15) is 18.3 Å². The monoisotopic (exact) mass is 274 g/mol. The molecule has 0 aromatic carbocycles. The van der Waals surface area contributed by atoms with Crippen LogP contribution in [0.5, 0.6) is 0 Å². The summed E-state index contributed by atoms with van der Waals surface area (Å²) in [5, 5.41) is 13.2. The molecular weight excluding hydrogens is 257 g/mol. The highest BCUT2D eigenvalue weighted by Crippen LogP contribution is 2.63. The van der Waals surface area contributed by atoms with Crippen LogP contribution in [0.1, 0.15) is 50.0 Å². The molecule has 19 heavy (non-hydrogen) atoms. The molecule has 1 N–H and O–H groups in total. The molecule has 3 nitrogen and oxygen atoms in total. The molecule has 6 heteroatoms. The Bertz CT molecular complexity index is 483. The fourth-order valence-corrected chi connectivity index (χ4v) is 3.46. The zero-order valence-corrected chi connectivity index (χ0v) is 10.9. The van der Waals surface area contributed by atoms with Gasteiger partial charge in [0.2, 0.25) is 0 Å². The number of nitrogens with zero attached hydrogens (tertiary/aromatic N) is 2. The smallest absolute Gasteiger partial charge is 0.393 e. The van der Waals surface area contributed by atoms with Crippen molar-refractivity contribution in [2.45, 2.75) is 50.9 Å². The van der Waals surface area contributed by atoms with Crippen molar-refractivity contribution >= 4 is 0 Å². The minimum Gasteiger partial charge on any atom is -0.393 e. The van der Waals surface area contributed by atoms with E-state index in [1.165, 1.54) is 10.7 Å². The Hall–Kier alpha value is -1.04. The van der Waals surface area contributed by atoms with E-state index in [1.54, 1.807) is 0 Å². The van der Waals surface area contributed by atoms with Crippen molar-refractivity contribution in [3.05, 3.63) is 17.5 Å². The van der Waals surface area contributed by atoms with Crippen LogP contribution < -0.4 is 0 Å². The molecule has 2 aliphatic carbocycles. The number of aliphatic hydroxyl groups excluding tert-OH is 1. The van der Waals surface area contributed by atoms with Crippen molar-refractivity contribution in [2.75, 3.05) is 0 Å². The number of aromatic nitrogens is 2. The van der Waals surface area contributed by atoms with E-state index in [-0.39, 0.29) is 18.1 Å². The molecule has 106 valence electrons. The van der Waals surface area contributed by atoms with Crippen LogP contribution in [0.25, 0.3) is 0 Å². The standard InChI is InChI=1S/C13H17F3N2O/c1-6(2)18-10(5-11(17-18)13(14,15)16)12-8-3-7(19)4-9(8)12/h5-9,12,19H,3-4H2,1-2H3/t7?,8-,9?,12?/m1/s1. The highest BCUT2D eigenvalue weighted by molar-refractivity contribution is 5.28. The van der Waals surface area contributed by atoms with Crippen LogP contribution in [0, 0.1) is 11.8 Å². The van der Waals surface area contributed by atoms with Crippen LogP contribution >= 0.6 is 0 Å². The highest BCUT2D eigenvalue weighted by atomic mass is 19.4. The predicted molar refractivity (Wildman–Crippen MR) is 62.6 cm³/mol. The number of halogens is 3. The van der Waals surface area contributed by atoms with Crippen molar-refractivity contribution in [3.63, 3.8) is 0 Å². The first kappa shape index (κ1) is 13.0. The van der Waals surface area contributed by atoms with Gasteiger partial charge in [-0.3, -0.25) is 4.68 Å². The van der Waals surface area contributed by atoms with Gasteiger partial charge in [0.15, 0.2) is 5.69 Å². The molecule has 0 saturated heterocycles. The quantitative estimate of drug-likeness (QED) is 0.900. The number of alkyl halides is 3. The predicted octanol–water partition coefficient (Wildman–Crippen LogP) is 2.97. The Morgan fingerprint density at radius 1 is 1.32 bits per heavy atom. The number of aliphatic hydroxyl groups is 1. The summed E-state index contributed by atoms with van der Waals surface area (Å²) in [5.41, 5.74) is -0.119. The van der Waals surface area contributed by atoms with Gasteiger partial charge in [0.1, 0.15) is 0 Å². The second-order valence-corrected chi connectivity index (χ2v) is 5.97. The molecule has 0 bridgehead atoms. The van der Waals surface area contributed by atoms with Crippen LogP contribution in [0.4, 0.5) is 13.2 Å². The van der Waals surface area contributed by atoms with Crippen LogP contribution in [0.2, 0.25) is 0 Å². The third-order valence-corrected chi connectivity index (χ3v) is 4.31. The third kappa shape index (κ3) is 2.06. The fourth-order valence-electron chi connectivity index (χ4n) is 3.46. The maximum atomic E-state index is 12.8. The summed E-state index contributed by atoms with van der Waals surface area (Å²) in [6.07, 6.45) is -3.25. The van der Waals surface area contributed by atoms with Crippen LogP contribution in [0.15, 0.2) is 6.07 Å². The van der Waals surface area contributed by atoms with Gasteiger partial charge in [-0.15, -0.1) is 0 Å². The van der Waals surface area contributed by atoms with Crippen molar-refractivity contribution in [1.82, 2.24) is 9.78 Å². The summed E-state index contributed by atoms with van der Waals surface area (Å²) in [6.45, 7) is 3.67. The second kappa shape index (κ2) is 3.98. The van der Waals surface area contributed by atoms with E-state index in [0.29, 0.717) is 30.4 Å². The lowest BCUT2D eigenvalue weighted by molar-refractivity contribution is -0.141. The van der Waals surface area contributed by atoms with Gasteiger partial charge < -0.3 is 5.11 Å². The van der Waals surface area contributed by atoms with Gasteiger partial charge in [-0.2, -0.15) is 18.3 Å². The number of hydrogen-bond acceptors (Lipinski definition) is 2. The van der Waals surface area contributed by atoms with Crippen molar-refractivity contribution in [3.8, 4) is 0 Å². The Morgan fingerprint density at radius 3 is 2.37 bits per heavy atom. The Kier molecular flexibility index (Phi) is 2.71. The molecule has 4 atom stereocenters. The van der Waals surface area contributed by atoms with Crippen molar-refractivity contribution < 1.29 is 18.3 Å². The van der Waals surface area contributed by atoms with Gasteiger partial charge >= 0.3 is 6.18 Å². The molecule has 0 radical (unpaired) electrons. The third-order valence-electron chi connectivity index (χ3n) is 4.31. The molecule has 0 amide bonds. The molecule has 2 fully saturated rings. The van der Waals surface area contributed by atoms with Crippen LogP contribution in [0.3, 0.4) is 0 Å². The van der Waals surface area contributed by atoms with Gasteiger partial charge in [-0.1, -0.05) is 0 Å².